The summed E-state index contributed by atoms with van der Waals surface area (Å²) in [5.74, 6) is -0.925. The van der Waals surface area contributed by atoms with Gasteiger partial charge in [0.2, 0.25) is 11.8 Å². The molecule has 2 amide bonds. The molecule has 2 atom stereocenters. The van der Waals surface area contributed by atoms with Crippen molar-refractivity contribution < 1.29 is 19.1 Å². The Morgan fingerprint density at radius 3 is 2.69 bits per heavy atom. The van der Waals surface area contributed by atoms with Crippen LogP contribution in [-0.4, -0.2) is 48.9 Å². The lowest BCUT2D eigenvalue weighted by Gasteiger charge is -2.35. The summed E-state index contributed by atoms with van der Waals surface area (Å²) in [5, 5.41) is 0. The highest BCUT2D eigenvalue weighted by molar-refractivity contribution is 6.01. The number of hydrogen-bond acceptors (Lipinski definition) is 4. The number of esters is 1. The number of carbonyl (C=O) groups excluding carboxylic acids is 3. The fourth-order valence-corrected chi connectivity index (χ4v) is 3.94. The summed E-state index contributed by atoms with van der Waals surface area (Å²) in [4.78, 5) is 41.0. The Hall–Kier alpha value is -2.37. The molecule has 0 bridgehead atoms. The zero-order valence-electron chi connectivity index (χ0n) is 15.7. The van der Waals surface area contributed by atoms with Gasteiger partial charge in [-0.2, -0.15) is 0 Å². The van der Waals surface area contributed by atoms with E-state index in [1.807, 2.05) is 32.0 Å². The highest BCUT2D eigenvalue weighted by Crippen LogP contribution is 2.31. The maximum Gasteiger partial charge on any atom is 0.328 e. The number of benzene rings is 1. The second kappa shape index (κ2) is 7.48. The number of ether oxygens (including phenoxy) is 1. The van der Waals surface area contributed by atoms with E-state index in [-0.39, 0.29) is 24.2 Å². The molecular formula is C20H26N2O4. The number of anilines is 1. The number of carbonyl (C=O) groups is 3. The predicted molar refractivity (Wildman–Crippen MR) is 97.7 cm³/mol. The number of amides is 2. The van der Waals surface area contributed by atoms with Crippen molar-refractivity contribution in [2.45, 2.75) is 45.6 Å². The number of aryl methyl sites for hydroxylation is 1. The van der Waals surface area contributed by atoms with Crippen molar-refractivity contribution >= 4 is 23.5 Å². The van der Waals surface area contributed by atoms with Gasteiger partial charge in [0.25, 0.3) is 0 Å². The van der Waals surface area contributed by atoms with Crippen LogP contribution in [0.2, 0.25) is 0 Å². The summed E-state index contributed by atoms with van der Waals surface area (Å²) in [6.07, 6.45) is 2.60. The zero-order chi connectivity index (χ0) is 18.8. The first-order valence-electron chi connectivity index (χ1n) is 9.19. The summed E-state index contributed by atoms with van der Waals surface area (Å²) in [5.41, 5.74) is 3.04. The van der Waals surface area contributed by atoms with E-state index in [1.165, 1.54) is 7.11 Å². The number of methoxy groups -OCH3 is 1. The Balaban J connectivity index is 1.78. The summed E-state index contributed by atoms with van der Waals surface area (Å²) in [6.45, 7) is 4.92. The third-order valence-electron chi connectivity index (χ3n) is 5.60. The van der Waals surface area contributed by atoms with E-state index < -0.39 is 12.0 Å². The number of nitrogens with zero attached hydrogens (tertiary/aromatic N) is 2. The van der Waals surface area contributed by atoms with Gasteiger partial charge in [0.15, 0.2) is 0 Å². The molecule has 6 nitrogen and oxygen atoms in total. The van der Waals surface area contributed by atoms with Crippen LogP contribution in [0.5, 0.6) is 0 Å². The van der Waals surface area contributed by atoms with Crippen molar-refractivity contribution in [1.82, 2.24) is 4.90 Å². The fraction of sp³-hybridized carbons (Fsp3) is 0.550. The van der Waals surface area contributed by atoms with E-state index in [0.29, 0.717) is 19.5 Å². The molecule has 26 heavy (non-hydrogen) atoms. The van der Waals surface area contributed by atoms with Gasteiger partial charge in [-0.05, 0) is 50.3 Å². The lowest BCUT2D eigenvalue weighted by molar-refractivity contribution is -0.156. The molecule has 0 unspecified atom stereocenters. The van der Waals surface area contributed by atoms with E-state index in [4.69, 9.17) is 4.74 Å². The van der Waals surface area contributed by atoms with Gasteiger partial charge in [-0.15, -0.1) is 0 Å². The lowest BCUT2D eigenvalue weighted by Crippen LogP contribution is -2.50. The Kier molecular flexibility index (Phi) is 5.30. The Bertz CT molecular complexity index is 731. The van der Waals surface area contributed by atoms with Crippen LogP contribution in [0, 0.1) is 19.8 Å². The molecular weight excluding hydrogens is 332 g/mol. The minimum atomic E-state index is -0.522. The Morgan fingerprint density at radius 1 is 1.19 bits per heavy atom. The SMILES string of the molecule is COC(=O)[C@@H]1CCCCN1C(=O)[C@@H]1CC(=O)N(c2cccc(C)c2C)C1. The summed E-state index contributed by atoms with van der Waals surface area (Å²) < 4.78 is 4.86. The molecule has 0 saturated carbocycles. The molecule has 0 spiro atoms. The van der Waals surface area contributed by atoms with Gasteiger partial charge in [0.1, 0.15) is 6.04 Å². The van der Waals surface area contributed by atoms with Crippen LogP contribution in [0.4, 0.5) is 5.69 Å². The lowest BCUT2D eigenvalue weighted by atomic mass is 9.98. The molecule has 140 valence electrons. The molecule has 0 radical (unpaired) electrons. The fourth-order valence-electron chi connectivity index (χ4n) is 3.94. The average Bonchev–Trinajstić information content (AvgIpc) is 3.04. The van der Waals surface area contributed by atoms with Gasteiger partial charge in [0, 0.05) is 25.2 Å². The molecule has 0 aromatic heterocycles. The molecule has 2 saturated heterocycles. The standard InChI is InChI=1S/C20H26N2O4/c1-13-7-6-9-16(14(13)2)22-12-15(11-18(22)23)19(24)21-10-5-4-8-17(21)20(25)26-3/h6-7,9,15,17H,4-5,8,10-12H2,1-3H3/t15-,17+/m1/s1. The van der Waals surface area contributed by atoms with Gasteiger partial charge in [-0.3, -0.25) is 9.59 Å². The van der Waals surface area contributed by atoms with Crippen LogP contribution in [0.1, 0.15) is 36.8 Å². The minimum Gasteiger partial charge on any atom is -0.467 e. The van der Waals surface area contributed by atoms with Gasteiger partial charge < -0.3 is 14.5 Å². The van der Waals surface area contributed by atoms with Crippen LogP contribution in [0.25, 0.3) is 0 Å². The van der Waals surface area contributed by atoms with Gasteiger partial charge in [-0.1, -0.05) is 12.1 Å². The van der Waals surface area contributed by atoms with Crippen molar-refractivity contribution in [3.8, 4) is 0 Å². The first kappa shape index (κ1) is 18.4. The molecule has 2 aliphatic rings. The third kappa shape index (κ3) is 3.32. The van der Waals surface area contributed by atoms with Gasteiger partial charge in [0.05, 0.1) is 13.0 Å². The summed E-state index contributed by atoms with van der Waals surface area (Å²) >= 11 is 0. The topological polar surface area (TPSA) is 66.9 Å². The van der Waals surface area contributed by atoms with Crippen LogP contribution in [-0.2, 0) is 19.1 Å². The van der Waals surface area contributed by atoms with E-state index >= 15 is 0 Å². The van der Waals surface area contributed by atoms with E-state index in [1.54, 1.807) is 9.80 Å². The van der Waals surface area contributed by atoms with E-state index in [0.717, 1.165) is 29.7 Å². The van der Waals surface area contributed by atoms with Crippen molar-refractivity contribution in [1.29, 1.82) is 0 Å². The molecule has 2 aliphatic heterocycles. The van der Waals surface area contributed by atoms with Crippen LogP contribution < -0.4 is 4.90 Å². The van der Waals surface area contributed by atoms with Crippen LogP contribution in [0.15, 0.2) is 18.2 Å². The van der Waals surface area contributed by atoms with Crippen molar-refractivity contribution in [3.63, 3.8) is 0 Å². The quantitative estimate of drug-likeness (QED) is 0.777. The Morgan fingerprint density at radius 2 is 1.96 bits per heavy atom. The highest BCUT2D eigenvalue weighted by atomic mass is 16.5. The van der Waals surface area contributed by atoms with Crippen molar-refractivity contribution in [2.75, 3.05) is 25.1 Å². The largest absolute Gasteiger partial charge is 0.467 e. The normalized spacial score (nSPS) is 23.3. The second-order valence-electron chi connectivity index (χ2n) is 7.19. The van der Waals surface area contributed by atoms with E-state index in [9.17, 15) is 14.4 Å². The molecule has 2 fully saturated rings. The maximum absolute atomic E-state index is 13.0. The molecule has 1 aromatic rings. The maximum atomic E-state index is 13.0. The van der Waals surface area contributed by atoms with Crippen molar-refractivity contribution in [3.05, 3.63) is 29.3 Å². The summed E-state index contributed by atoms with van der Waals surface area (Å²) in [7, 11) is 1.35. The first-order valence-corrected chi connectivity index (χ1v) is 9.19. The third-order valence-corrected chi connectivity index (χ3v) is 5.60. The number of rotatable bonds is 3. The number of likely N-dealkylation sites (tertiary alicyclic amines) is 1. The number of piperidine rings is 1. The molecule has 2 heterocycles. The van der Waals surface area contributed by atoms with Crippen molar-refractivity contribution in [2.24, 2.45) is 5.92 Å². The summed E-state index contributed by atoms with van der Waals surface area (Å²) in [6, 6.07) is 5.34. The van der Waals surface area contributed by atoms with E-state index in [2.05, 4.69) is 0 Å². The van der Waals surface area contributed by atoms with Crippen LogP contribution >= 0.6 is 0 Å². The minimum absolute atomic E-state index is 0.0383. The highest BCUT2D eigenvalue weighted by Gasteiger charge is 2.41. The molecule has 3 rings (SSSR count). The second-order valence-corrected chi connectivity index (χ2v) is 7.19. The smallest absolute Gasteiger partial charge is 0.328 e. The van der Waals surface area contributed by atoms with Gasteiger partial charge in [-0.25, -0.2) is 4.79 Å². The monoisotopic (exact) mass is 358 g/mol. The molecule has 0 aliphatic carbocycles. The van der Waals surface area contributed by atoms with Crippen LogP contribution in [0.3, 0.4) is 0 Å². The predicted octanol–water partition coefficient (Wildman–Crippen LogP) is 2.21. The molecule has 1 aromatic carbocycles. The Labute approximate surface area is 154 Å². The van der Waals surface area contributed by atoms with Gasteiger partial charge >= 0.3 is 5.97 Å². The average molecular weight is 358 g/mol. The zero-order valence-corrected chi connectivity index (χ0v) is 15.7. The molecule has 6 heteroatoms. The number of hydrogen-bond donors (Lipinski definition) is 0. The molecule has 0 N–H and O–H groups in total. The first-order chi connectivity index (χ1) is 12.4.